The second-order valence-corrected chi connectivity index (χ2v) is 8.80. The smallest absolute Gasteiger partial charge is 0.143 e. The topological polar surface area (TPSA) is 64.0 Å². The Labute approximate surface area is 188 Å². The van der Waals surface area contributed by atoms with Crippen LogP contribution in [0.15, 0.2) is 42.6 Å². The third-order valence-corrected chi connectivity index (χ3v) is 6.63. The van der Waals surface area contributed by atoms with E-state index in [4.69, 9.17) is 22.0 Å². The predicted octanol–water partition coefficient (Wildman–Crippen LogP) is 5.88. The van der Waals surface area contributed by atoms with Gasteiger partial charge >= 0.3 is 0 Å². The molecule has 164 valence electrons. The summed E-state index contributed by atoms with van der Waals surface area (Å²) in [6.07, 6.45) is 5.55. The highest BCUT2D eigenvalue weighted by atomic mass is 35.5. The van der Waals surface area contributed by atoms with Crippen LogP contribution in [0.3, 0.4) is 0 Å². The molecule has 1 aliphatic heterocycles. The van der Waals surface area contributed by atoms with Gasteiger partial charge in [0, 0.05) is 30.4 Å². The molecule has 0 spiro atoms. The van der Waals surface area contributed by atoms with Gasteiger partial charge in [-0.3, -0.25) is 0 Å². The van der Waals surface area contributed by atoms with Crippen LogP contribution in [0.4, 0.5) is 21.6 Å². The first-order valence-electron chi connectivity index (χ1n) is 11.0. The minimum Gasteiger partial charge on any atom is -0.385 e. The number of nitrogens with one attached hydrogen (secondary N) is 3. The molecule has 1 saturated carbocycles. The summed E-state index contributed by atoms with van der Waals surface area (Å²) in [7, 11) is 0. The molecule has 1 unspecified atom stereocenters. The largest absolute Gasteiger partial charge is 0.385 e. The van der Waals surface area contributed by atoms with Crippen molar-refractivity contribution in [2.75, 3.05) is 23.3 Å². The van der Waals surface area contributed by atoms with Crippen molar-refractivity contribution in [1.82, 2.24) is 10.3 Å². The second-order valence-electron chi connectivity index (χ2n) is 8.39. The van der Waals surface area contributed by atoms with Crippen LogP contribution < -0.4 is 15.5 Å². The lowest BCUT2D eigenvalue weighted by atomic mass is 9.84. The molecule has 1 aliphatic carbocycles. The Morgan fingerprint density at radius 1 is 1.26 bits per heavy atom. The van der Waals surface area contributed by atoms with E-state index in [2.05, 4.69) is 29.0 Å². The molecule has 0 radical (unpaired) electrons. The number of piperazine rings is 1. The van der Waals surface area contributed by atoms with Gasteiger partial charge < -0.3 is 20.9 Å². The summed E-state index contributed by atoms with van der Waals surface area (Å²) in [6.45, 7) is 7.84. The summed E-state index contributed by atoms with van der Waals surface area (Å²) in [5.41, 5.74) is 3.45. The fraction of sp³-hybridized carbons (Fsp3) is 0.417. The van der Waals surface area contributed by atoms with Crippen molar-refractivity contribution < 1.29 is 4.39 Å². The van der Waals surface area contributed by atoms with Crippen LogP contribution in [0, 0.1) is 17.1 Å². The van der Waals surface area contributed by atoms with Crippen LogP contribution in [0.25, 0.3) is 0 Å². The highest BCUT2D eigenvalue weighted by Crippen LogP contribution is 2.32. The van der Waals surface area contributed by atoms with Crippen molar-refractivity contribution >= 4 is 34.5 Å². The maximum Gasteiger partial charge on any atom is 0.143 e. The summed E-state index contributed by atoms with van der Waals surface area (Å²) < 4.78 is 14.0. The monoisotopic (exact) mass is 441 g/mol. The van der Waals surface area contributed by atoms with E-state index in [1.165, 1.54) is 18.6 Å². The summed E-state index contributed by atoms with van der Waals surface area (Å²) in [6, 6.07) is 8.64. The number of benzene rings is 1. The van der Waals surface area contributed by atoms with Gasteiger partial charge in [0.2, 0.25) is 0 Å². The van der Waals surface area contributed by atoms with Crippen LogP contribution >= 0.6 is 11.6 Å². The molecule has 2 aromatic rings. The highest BCUT2D eigenvalue weighted by Gasteiger charge is 2.26. The fourth-order valence-corrected chi connectivity index (χ4v) is 4.53. The van der Waals surface area contributed by atoms with Crippen LogP contribution in [0.1, 0.15) is 44.7 Å². The maximum absolute atomic E-state index is 14.0. The lowest BCUT2D eigenvalue weighted by Gasteiger charge is -2.37. The van der Waals surface area contributed by atoms with E-state index in [0.29, 0.717) is 22.8 Å². The van der Waals surface area contributed by atoms with E-state index in [9.17, 15) is 4.39 Å². The zero-order valence-corrected chi connectivity index (χ0v) is 18.6. The van der Waals surface area contributed by atoms with Crippen molar-refractivity contribution in [3.63, 3.8) is 0 Å². The van der Waals surface area contributed by atoms with E-state index in [-0.39, 0.29) is 17.0 Å². The van der Waals surface area contributed by atoms with Crippen molar-refractivity contribution in [1.29, 1.82) is 5.41 Å². The number of halogens is 2. The second kappa shape index (κ2) is 9.27. The first-order chi connectivity index (χ1) is 14.9. The molecule has 1 aromatic heterocycles. The Bertz CT molecular complexity index is 986. The summed E-state index contributed by atoms with van der Waals surface area (Å²) >= 11 is 5.83. The van der Waals surface area contributed by atoms with Gasteiger partial charge in [-0.05, 0) is 50.1 Å². The molecule has 1 saturated heterocycles. The third-order valence-electron chi connectivity index (χ3n) is 6.32. The van der Waals surface area contributed by atoms with Crippen molar-refractivity contribution in [2.45, 2.75) is 45.1 Å². The van der Waals surface area contributed by atoms with Gasteiger partial charge in [0.15, 0.2) is 0 Å². The van der Waals surface area contributed by atoms with E-state index >= 15 is 0 Å². The average Bonchev–Trinajstić information content (AvgIpc) is 2.78. The molecule has 1 aromatic carbocycles. The van der Waals surface area contributed by atoms with Crippen molar-refractivity contribution in [3.05, 3.63) is 59.1 Å². The molecule has 2 heterocycles. The van der Waals surface area contributed by atoms with Crippen LogP contribution in [-0.4, -0.2) is 29.8 Å². The Morgan fingerprint density at radius 3 is 2.77 bits per heavy atom. The molecular formula is C24H29ClFN5. The lowest BCUT2D eigenvalue weighted by Crippen LogP contribution is -2.48. The predicted molar refractivity (Wildman–Crippen MR) is 126 cm³/mol. The summed E-state index contributed by atoms with van der Waals surface area (Å²) in [5, 5.41) is 15.6. The molecular weight excluding hydrogens is 413 g/mol. The highest BCUT2D eigenvalue weighted by molar-refractivity contribution is 6.30. The molecule has 3 N–H and O–H groups in total. The SMILES string of the molecule is C=C1NCCN(c2ccc(Nc3ccc(Cl)c(F)c3)c(C(=N)C3CCCCC3)n2)C1C. The number of nitrogens with zero attached hydrogens (tertiary/aromatic N) is 2. The Hall–Kier alpha value is -2.60. The normalized spacial score (nSPS) is 19.8. The fourth-order valence-electron chi connectivity index (χ4n) is 4.41. The molecule has 1 atom stereocenters. The van der Waals surface area contributed by atoms with Gasteiger partial charge in [-0.25, -0.2) is 9.37 Å². The number of anilines is 3. The number of rotatable bonds is 5. The number of hydrogen-bond donors (Lipinski definition) is 3. The Balaban J connectivity index is 1.69. The van der Waals surface area contributed by atoms with E-state index in [1.807, 2.05) is 12.1 Å². The molecule has 0 bridgehead atoms. The van der Waals surface area contributed by atoms with Crippen molar-refractivity contribution in [2.24, 2.45) is 5.92 Å². The van der Waals surface area contributed by atoms with Crippen molar-refractivity contribution in [3.8, 4) is 0 Å². The van der Waals surface area contributed by atoms with Gasteiger partial charge in [-0.1, -0.05) is 37.4 Å². The maximum atomic E-state index is 14.0. The standard InChI is InChI=1S/C24H29ClFN5/c1-15-16(2)31(13-12-28-15)22-11-10-21(29-18-8-9-19(25)20(26)14-18)24(30-22)23(27)17-6-4-3-5-7-17/h8-11,14,16-17,27-29H,1,3-7,12-13H2,2H3. The summed E-state index contributed by atoms with van der Waals surface area (Å²) in [5.74, 6) is 0.557. The molecule has 7 heteroatoms. The van der Waals surface area contributed by atoms with Gasteiger partial charge in [0.05, 0.1) is 22.5 Å². The number of aromatic nitrogens is 1. The van der Waals surface area contributed by atoms with E-state index in [0.717, 1.165) is 50.3 Å². The molecule has 0 amide bonds. The van der Waals surface area contributed by atoms with Gasteiger partial charge in [0.25, 0.3) is 0 Å². The minimum atomic E-state index is -0.478. The van der Waals surface area contributed by atoms with Gasteiger partial charge in [0.1, 0.15) is 17.3 Å². The number of hydrogen-bond acceptors (Lipinski definition) is 5. The Morgan fingerprint density at radius 2 is 2.03 bits per heavy atom. The number of pyridine rings is 1. The zero-order chi connectivity index (χ0) is 22.0. The summed E-state index contributed by atoms with van der Waals surface area (Å²) in [4.78, 5) is 7.15. The van der Waals surface area contributed by atoms with E-state index in [1.54, 1.807) is 6.07 Å². The first-order valence-corrected chi connectivity index (χ1v) is 11.3. The van der Waals surface area contributed by atoms with E-state index < -0.39 is 5.82 Å². The van der Waals surface area contributed by atoms with Crippen LogP contribution in [0.2, 0.25) is 5.02 Å². The van der Waals surface area contributed by atoms with Crippen LogP contribution in [-0.2, 0) is 0 Å². The molecule has 4 rings (SSSR count). The molecule has 31 heavy (non-hydrogen) atoms. The molecule has 2 aliphatic rings. The zero-order valence-electron chi connectivity index (χ0n) is 17.8. The molecule has 2 fully saturated rings. The van der Waals surface area contributed by atoms with Gasteiger partial charge in [-0.15, -0.1) is 0 Å². The van der Waals surface area contributed by atoms with Gasteiger partial charge in [-0.2, -0.15) is 0 Å². The third kappa shape index (κ3) is 4.69. The Kier molecular flexibility index (Phi) is 6.46. The molecule has 5 nitrogen and oxygen atoms in total. The quantitative estimate of drug-likeness (QED) is 0.507. The van der Waals surface area contributed by atoms with Crippen LogP contribution in [0.5, 0.6) is 0 Å². The minimum absolute atomic E-state index is 0.0853. The first kappa shape index (κ1) is 21.6. The average molecular weight is 442 g/mol. The lowest BCUT2D eigenvalue weighted by molar-refractivity contribution is 0.438.